The van der Waals surface area contributed by atoms with E-state index < -0.39 is 11.9 Å². The summed E-state index contributed by atoms with van der Waals surface area (Å²) in [5.41, 5.74) is -0.347. The number of aromatic nitrogens is 5. The van der Waals surface area contributed by atoms with Crippen LogP contribution in [0.2, 0.25) is 0 Å². The minimum Gasteiger partial charge on any atom is -0.508 e. The number of nitrogens with one attached hydrogen (secondary N) is 1. The van der Waals surface area contributed by atoms with Crippen molar-refractivity contribution < 1.29 is 23.1 Å². The van der Waals surface area contributed by atoms with Crippen LogP contribution in [0.1, 0.15) is 28.9 Å². The molecule has 3 aromatic rings. The second-order valence-corrected chi connectivity index (χ2v) is 7.92. The molecule has 3 atom stereocenters. The second-order valence-electron chi connectivity index (χ2n) is 7.92. The molecule has 12 heteroatoms. The maximum absolute atomic E-state index is 13.4. The number of hydrogen-bond acceptors (Lipinski definition) is 7. The van der Waals surface area contributed by atoms with Gasteiger partial charge in [-0.3, -0.25) is 4.79 Å². The van der Waals surface area contributed by atoms with E-state index in [-0.39, 0.29) is 35.5 Å². The minimum absolute atomic E-state index is 0.0165. The standard InChI is InChI=1S/C20H18F3N7O2/c21-20(22,23)17-8-25-18(9-24-17)28-14-5-11-6-16(14)29(10-11)19(32)13-2-1-12(31)7-15(13)30-26-3-4-27-30/h1-4,7-9,11,14,16,31H,5-6,10H2,(H,25,28). The number of piperidine rings is 1. The summed E-state index contributed by atoms with van der Waals surface area (Å²) in [6, 6.07) is 4.08. The molecule has 9 nitrogen and oxygen atoms in total. The molecule has 3 unspecified atom stereocenters. The van der Waals surface area contributed by atoms with Crippen LogP contribution in [0.3, 0.4) is 0 Å². The van der Waals surface area contributed by atoms with E-state index in [1.54, 1.807) is 4.90 Å². The third-order valence-electron chi connectivity index (χ3n) is 5.86. The molecule has 32 heavy (non-hydrogen) atoms. The number of fused-ring (bicyclic) bond motifs is 2. The lowest BCUT2D eigenvalue weighted by atomic mass is 10.0. The van der Waals surface area contributed by atoms with Crippen LogP contribution in [0.25, 0.3) is 5.69 Å². The number of phenols is 1. The number of likely N-dealkylation sites (tertiary alicyclic amines) is 1. The molecular formula is C20H18F3N7O2. The predicted octanol–water partition coefficient (Wildman–Crippen LogP) is 2.50. The number of carbonyl (C=O) groups excluding carboxylic acids is 1. The molecule has 2 aliphatic rings. The van der Waals surface area contributed by atoms with Crippen molar-refractivity contribution in [2.45, 2.75) is 31.1 Å². The van der Waals surface area contributed by atoms with Crippen molar-refractivity contribution in [2.75, 3.05) is 11.9 Å². The Morgan fingerprint density at radius 2 is 1.91 bits per heavy atom. The van der Waals surface area contributed by atoms with Gasteiger partial charge >= 0.3 is 6.18 Å². The molecule has 2 aromatic heterocycles. The normalized spacial score (nSPS) is 22.3. The first kappa shape index (κ1) is 20.2. The lowest BCUT2D eigenvalue weighted by molar-refractivity contribution is -0.141. The molecule has 1 aliphatic carbocycles. The van der Waals surface area contributed by atoms with Crippen LogP contribution in [-0.4, -0.2) is 59.5 Å². The van der Waals surface area contributed by atoms with Gasteiger partial charge in [-0.15, -0.1) is 0 Å². The first-order chi connectivity index (χ1) is 15.3. The van der Waals surface area contributed by atoms with Crippen LogP contribution >= 0.6 is 0 Å². The van der Waals surface area contributed by atoms with Crippen LogP contribution in [0.15, 0.2) is 43.0 Å². The molecule has 2 N–H and O–H groups in total. The number of benzene rings is 1. The van der Waals surface area contributed by atoms with Crippen molar-refractivity contribution in [1.29, 1.82) is 0 Å². The Kier molecular flexibility index (Phi) is 4.72. The Labute approximate surface area is 179 Å². The van der Waals surface area contributed by atoms with Crippen molar-refractivity contribution in [3.63, 3.8) is 0 Å². The van der Waals surface area contributed by atoms with Crippen molar-refractivity contribution in [3.05, 3.63) is 54.2 Å². The first-order valence-electron chi connectivity index (χ1n) is 9.96. The van der Waals surface area contributed by atoms with Crippen LogP contribution in [0.5, 0.6) is 5.75 Å². The minimum atomic E-state index is -4.55. The fourth-order valence-electron chi connectivity index (χ4n) is 4.51. The van der Waals surface area contributed by atoms with E-state index in [4.69, 9.17) is 0 Å². The summed E-state index contributed by atoms with van der Waals surface area (Å²) >= 11 is 0. The predicted molar refractivity (Wildman–Crippen MR) is 105 cm³/mol. The topological polar surface area (TPSA) is 109 Å². The number of anilines is 1. The van der Waals surface area contributed by atoms with E-state index in [2.05, 4.69) is 25.5 Å². The number of alkyl halides is 3. The molecule has 0 spiro atoms. The molecule has 1 saturated carbocycles. The van der Waals surface area contributed by atoms with Gasteiger partial charge in [0.05, 0.1) is 36.4 Å². The summed E-state index contributed by atoms with van der Waals surface area (Å²) in [5, 5.41) is 21.1. The molecule has 2 bridgehead atoms. The van der Waals surface area contributed by atoms with Crippen molar-refractivity contribution in [3.8, 4) is 11.4 Å². The zero-order chi connectivity index (χ0) is 22.5. The van der Waals surface area contributed by atoms with Gasteiger partial charge in [0.1, 0.15) is 17.3 Å². The van der Waals surface area contributed by atoms with E-state index in [0.717, 1.165) is 19.0 Å². The van der Waals surface area contributed by atoms with Gasteiger partial charge in [0.2, 0.25) is 0 Å². The molecule has 1 aromatic carbocycles. The highest BCUT2D eigenvalue weighted by atomic mass is 19.4. The summed E-state index contributed by atoms with van der Waals surface area (Å²) in [6.07, 6.45) is 1.71. The Bertz CT molecular complexity index is 1140. The Hall–Kier alpha value is -3.70. The van der Waals surface area contributed by atoms with Crippen LogP contribution in [0.4, 0.5) is 19.0 Å². The fourth-order valence-corrected chi connectivity index (χ4v) is 4.51. The number of halogens is 3. The summed E-state index contributed by atoms with van der Waals surface area (Å²) in [7, 11) is 0. The van der Waals surface area contributed by atoms with Gasteiger partial charge in [0.15, 0.2) is 5.69 Å². The highest BCUT2D eigenvalue weighted by Crippen LogP contribution is 2.40. The fraction of sp³-hybridized carbons (Fsp3) is 0.350. The van der Waals surface area contributed by atoms with E-state index in [0.29, 0.717) is 24.0 Å². The molecule has 1 aliphatic heterocycles. The average molecular weight is 445 g/mol. The Morgan fingerprint density at radius 1 is 1.12 bits per heavy atom. The van der Waals surface area contributed by atoms with E-state index >= 15 is 0 Å². The maximum atomic E-state index is 13.4. The van der Waals surface area contributed by atoms with Gasteiger partial charge < -0.3 is 15.3 Å². The Morgan fingerprint density at radius 3 is 2.56 bits per heavy atom. The molecule has 5 rings (SSSR count). The molecule has 3 heterocycles. The maximum Gasteiger partial charge on any atom is 0.434 e. The van der Waals surface area contributed by atoms with Gasteiger partial charge in [0.25, 0.3) is 5.91 Å². The third-order valence-corrected chi connectivity index (χ3v) is 5.86. The number of hydrogen-bond donors (Lipinski definition) is 2. The number of amides is 1. The van der Waals surface area contributed by atoms with Crippen molar-refractivity contribution in [1.82, 2.24) is 29.9 Å². The molecular weight excluding hydrogens is 427 g/mol. The molecule has 1 saturated heterocycles. The van der Waals surface area contributed by atoms with E-state index in [9.17, 15) is 23.1 Å². The smallest absolute Gasteiger partial charge is 0.434 e. The quantitative estimate of drug-likeness (QED) is 0.635. The number of rotatable bonds is 4. The van der Waals surface area contributed by atoms with Crippen LogP contribution in [0, 0.1) is 5.92 Å². The lowest BCUT2D eigenvalue weighted by Gasteiger charge is -2.34. The van der Waals surface area contributed by atoms with E-state index in [1.165, 1.54) is 35.4 Å². The van der Waals surface area contributed by atoms with Gasteiger partial charge in [-0.1, -0.05) is 0 Å². The molecule has 2 fully saturated rings. The zero-order valence-corrected chi connectivity index (χ0v) is 16.6. The van der Waals surface area contributed by atoms with Crippen LogP contribution in [-0.2, 0) is 6.18 Å². The van der Waals surface area contributed by atoms with Gasteiger partial charge in [0, 0.05) is 18.7 Å². The van der Waals surface area contributed by atoms with Gasteiger partial charge in [-0.05, 0) is 30.9 Å². The number of aromatic hydroxyl groups is 1. The summed E-state index contributed by atoms with van der Waals surface area (Å²) in [5.74, 6) is 0.258. The highest BCUT2D eigenvalue weighted by Gasteiger charge is 2.47. The van der Waals surface area contributed by atoms with Gasteiger partial charge in [-0.25, -0.2) is 9.97 Å². The van der Waals surface area contributed by atoms with Crippen molar-refractivity contribution in [2.24, 2.45) is 5.92 Å². The van der Waals surface area contributed by atoms with Crippen molar-refractivity contribution >= 4 is 11.7 Å². The Balaban J connectivity index is 1.36. The highest BCUT2D eigenvalue weighted by molar-refractivity contribution is 5.98. The van der Waals surface area contributed by atoms with Crippen LogP contribution < -0.4 is 5.32 Å². The lowest BCUT2D eigenvalue weighted by Crippen LogP contribution is -2.48. The van der Waals surface area contributed by atoms with Gasteiger partial charge in [-0.2, -0.15) is 28.2 Å². The first-order valence-corrected chi connectivity index (χ1v) is 9.96. The third kappa shape index (κ3) is 3.61. The second kappa shape index (κ2) is 7.46. The number of nitrogens with zero attached hydrogens (tertiary/aromatic N) is 6. The monoisotopic (exact) mass is 445 g/mol. The molecule has 0 radical (unpaired) electrons. The molecule has 166 valence electrons. The zero-order valence-electron chi connectivity index (χ0n) is 16.6. The SMILES string of the molecule is O=C(c1ccc(O)cc1-n1nccn1)N1CC2CC(Nc3cnc(C(F)(F)F)cn3)C1C2. The number of carbonyl (C=O) groups is 1. The average Bonchev–Trinajstić information content (AvgIpc) is 3.50. The number of phenolic OH excluding ortho intramolecular Hbond substituents is 1. The largest absolute Gasteiger partial charge is 0.508 e. The molecule has 1 amide bonds. The summed E-state index contributed by atoms with van der Waals surface area (Å²) in [6.45, 7) is 0.577. The summed E-state index contributed by atoms with van der Waals surface area (Å²) in [4.78, 5) is 23.7. The van der Waals surface area contributed by atoms with E-state index in [1.807, 2.05) is 0 Å². The summed E-state index contributed by atoms with van der Waals surface area (Å²) < 4.78 is 38.1.